The van der Waals surface area contributed by atoms with Crippen LogP contribution in [0.25, 0.3) is 110 Å². The zero-order valence-electron chi connectivity index (χ0n) is 30.1. The van der Waals surface area contributed by atoms with E-state index in [1.165, 1.54) is 25.9 Å². The average molecular weight is 734 g/mol. The lowest BCUT2D eigenvalue weighted by Gasteiger charge is -2.11. The Balaban J connectivity index is 1.10. The van der Waals surface area contributed by atoms with Crippen LogP contribution in [0.4, 0.5) is 0 Å². The van der Waals surface area contributed by atoms with Crippen LogP contribution >= 0.6 is 11.3 Å². The molecule has 0 atom stereocenters. The van der Waals surface area contributed by atoms with Gasteiger partial charge in [0, 0.05) is 53.2 Å². The van der Waals surface area contributed by atoms with E-state index in [0.717, 1.165) is 66.3 Å². The predicted octanol–water partition coefficient (Wildman–Crippen LogP) is 14.1. The van der Waals surface area contributed by atoms with Gasteiger partial charge in [-0.3, -0.25) is 0 Å². The molecule has 3 heterocycles. The van der Waals surface area contributed by atoms with Crippen molar-refractivity contribution in [1.82, 2.24) is 15.0 Å². The number of para-hydroxylation sites is 1. The zero-order valence-corrected chi connectivity index (χ0v) is 30.9. The van der Waals surface area contributed by atoms with Crippen molar-refractivity contribution in [3.05, 3.63) is 188 Å². The summed E-state index contributed by atoms with van der Waals surface area (Å²) in [5.74, 6) is 1.93. The van der Waals surface area contributed by atoms with E-state index >= 15 is 0 Å². The average Bonchev–Trinajstić information content (AvgIpc) is 3.86. The highest BCUT2D eigenvalue weighted by Gasteiger charge is 2.20. The third-order valence-corrected chi connectivity index (χ3v) is 11.8. The minimum absolute atomic E-state index is 0.639. The molecule has 0 saturated carbocycles. The van der Waals surface area contributed by atoms with Gasteiger partial charge in [-0.2, -0.15) is 0 Å². The Morgan fingerprint density at radius 2 is 0.911 bits per heavy atom. The molecule has 0 aliphatic rings. The van der Waals surface area contributed by atoms with Crippen molar-refractivity contribution < 1.29 is 4.42 Å². The van der Waals surface area contributed by atoms with Crippen LogP contribution in [0, 0.1) is 0 Å². The van der Waals surface area contributed by atoms with Crippen LogP contribution in [0.2, 0.25) is 0 Å². The number of furan rings is 1. The Bertz CT molecular complexity index is 3230. The summed E-state index contributed by atoms with van der Waals surface area (Å²) in [5.41, 5.74) is 11.5. The maximum absolute atomic E-state index is 6.52. The Kier molecular flexibility index (Phi) is 7.64. The summed E-state index contributed by atoms with van der Waals surface area (Å²) < 4.78 is 8.92. The third kappa shape index (κ3) is 5.48. The van der Waals surface area contributed by atoms with Gasteiger partial charge in [0.15, 0.2) is 17.5 Å². The maximum atomic E-state index is 6.52. The molecular weight excluding hydrogens is 703 g/mol. The minimum atomic E-state index is 0.639. The van der Waals surface area contributed by atoms with Crippen LogP contribution in [-0.2, 0) is 0 Å². The highest BCUT2D eigenvalue weighted by atomic mass is 32.1. The van der Waals surface area contributed by atoms with Crippen LogP contribution in [0.1, 0.15) is 0 Å². The molecule has 0 fully saturated rings. The standard InChI is InChI=1S/C51H31N3OS/c1-4-14-32(15-5-1)33-26-28-36(29-27-33)50-52-49(35-18-8-3-9-19-35)53-51(54-50)41-23-13-25-45-46(41)40-22-12-21-38(48(40)56-45)37-30-42(34-16-6-2-7-17-34)47-43(31-37)39-20-10-11-24-44(39)55-47/h1-31H. The van der Waals surface area contributed by atoms with Gasteiger partial charge in [-0.15, -0.1) is 11.3 Å². The van der Waals surface area contributed by atoms with Gasteiger partial charge >= 0.3 is 0 Å². The van der Waals surface area contributed by atoms with Crippen molar-refractivity contribution in [1.29, 1.82) is 0 Å². The third-order valence-electron chi connectivity index (χ3n) is 10.6. The smallest absolute Gasteiger partial charge is 0.164 e. The van der Waals surface area contributed by atoms with Crippen LogP contribution < -0.4 is 0 Å². The van der Waals surface area contributed by atoms with Gasteiger partial charge in [-0.05, 0) is 52.1 Å². The van der Waals surface area contributed by atoms with E-state index in [2.05, 4.69) is 152 Å². The van der Waals surface area contributed by atoms with Crippen LogP contribution in [-0.4, -0.2) is 15.0 Å². The van der Waals surface area contributed by atoms with Crippen molar-refractivity contribution in [3.8, 4) is 67.5 Å². The quantitative estimate of drug-likeness (QED) is 0.171. The molecule has 11 rings (SSSR count). The fourth-order valence-electron chi connectivity index (χ4n) is 7.86. The van der Waals surface area contributed by atoms with E-state index in [4.69, 9.17) is 19.4 Å². The second kappa shape index (κ2) is 13.3. The molecule has 0 radical (unpaired) electrons. The molecule has 0 bridgehead atoms. The molecule has 11 aromatic rings. The predicted molar refractivity (Wildman–Crippen MR) is 233 cm³/mol. The van der Waals surface area contributed by atoms with Crippen LogP contribution in [0.3, 0.4) is 0 Å². The number of fused-ring (bicyclic) bond motifs is 6. The molecule has 0 amide bonds. The van der Waals surface area contributed by atoms with Crippen molar-refractivity contribution in [2.45, 2.75) is 0 Å². The molecule has 8 aromatic carbocycles. The Morgan fingerprint density at radius 1 is 0.357 bits per heavy atom. The Labute approximate surface area is 327 Å². The molecule has 0 aliphatic carbocycles. The van der Waals surface area contributed by atoms with E-state index in [0.29, 0.717) is 17.5 Å². The summed E-state index contributed by atoms with van der Waals surface area (Å²) in [5, 5.41) is 4.54. The van der Waals surface area contributed by atoms with Gasteiger partial charge in [0.2, 0.25) is 0 Å². The molecule has 5 heteroatoms. The molecule has 0 N–H and O–H groups in total. The first-order valence-electron chi connectivity index (χ1n) is 18.7. The molecular formula is C51H31N3OS. The van der Waals surface area contributed by atoms with Gasteiger partial charge in [0.05, 0.1) is 0 Å². The first-order valence-corrected chi connectivity index (χ1v) is 19.5. The van der Waals surface area contributed by atoms with Crippen LogP contribution in [0.15, 0.2) is 192 Å². The van der Waals surface area contributed by atoms with Crippen LogP contribution in [0.5, 0.6) is 0 Å². The number of thiophene rings is 1. The van der Waals surface area contributed by atoms with Crippen molar-refractivity contribution in [2.75, 3.05) is 0 Å². The number of hydrogen-bond donors (Lipinski definition) is 0. The van der Waals surface area contributed by atoms with E-state index in [1.54, 1.807) is 0 Å². The topological polar surface area (TPSA) is 51.8 Å². The summed E-state index contributed by atoms with van der Waals surface area (Å²) >= 11 is 1.81. The van der Waals surface area contributed by atoms with Crippen molar-refractivity contribution in [3.63, 3.8) is 0 Å². The number of aromatic nitrogens is 3. The summed E-state index contributed by atoms with van der Waals surface area (Å²) in [6.45, 7) is 0. The van der Waals surface area contributed by atoms with Gasteiger partial charge in [-0.25, -0.2) is 15.0 Å². The summed E-state index contributed by atoms with van der Waals surface area (Å²) in [7, 11) is 0. The van der Waals surface area contributed by atoms with E-state index in [9.17, 15) is 0 Å². The number of hydrogen-bond acceptors (Lipinski definition) is 5. The van der Waals surface area contributed by atoms with Crippen molar-refractivity contribution >= 4 is 53.4 Å². The first kappa shape index (κ1) is 32.2. The van der Waals surface area contributed by atoms with Gasteiger partial charge < -0.3 is 4.42 Å². The largest absolute Gasteiger partial charge is 0.455 e. The summed E-state index contributed by atoms with van der Waals surface area (Å²) in [4.78, 5) is 15.4. The van der Waals surface area contributed by atoms with Gasteiger partial charge in [-0.1, -0.05) is 164 Å². The fourth-order valence-corrected chi connectivity index (χ4v) is 9.12. The van der Waals surface area contributed by atoms with Gasteiger partial charge in [0.1, 0.15) is 11.2 Å². The van der Waals surface area contributed by atoms with E-state index in [1.807, 2.05) is 47.7 Å². The molecule has 0 spiro atoms. The molecule has 56 heavy (non-hydrogen) atoms. The molecule has 262 valence electrons. The molecule has 4 nitrogen and oxygen atoms in total. The SMILES string of the molecule is c1ccc(-c2ccc(-c3nc(-c4ccccc4)nc(-c4cccc5sc6c(-c7cc(-c8ccccc8)c8oc9ccccc9c8c7)cccc6c45)n3)cc2)cc1. The molecule has 0 saturated heterocycles. The number of nitrogens with zero attached hydrogens (tertiary/aromatic N) is 3. The van der Waals surface area contributed by atoms with E-state index < -0.39 is 0 Å². The molecule has 0 unspecified atom stereocenters. The molecule has 3 aromatic heterocycles. The molecule has 0 aliphatic heterocycles. The van der Waals surface area contributed by atoms with E-state index in [-0.39, 0.29) is 0 Å². The lowest BCUT2D eigenvalue weighted by Crippen LogP contribution is -2.00. The lowest BCUT2D eigenvalue weighted by atomic mass is 9.94. The Hall–Kier alpha value is -7.21. The zero-order chi connectivity index (χ0) is 37.0. The normalized spacial score (nSPS) is 11.6. The van der Waals surface area contributed by atoms with Crippen molar-refractivity contribution in [2.24, 2.45) is 0 Å². The summed E-state index contributed by atoms with van der Waals surface area (Å²) in [6, 6.07) is 65.6. The lowest BCUT2D eigenvalue weighted by molar-refractivity contribution is 0.670. The second-order valence-corrected chi connectivity index (χ2v) is 15.0. The highest BCUT2D eigenvalue weighted by Crippen LogP contribution is 2.46. The summed E-state index contributed by atoms with van der Waals surface area (Å²) in [6.07, 6.45) is 0. The number of rotatable bonds is 6. The Morgan fingerprint density at radius 3 is 1.66 bits per heavy atom. The minimum Gasteiger partial charge on any atom is -0.455 e. The first-order chi connectivity index (χ1) is 27.7. The maximum Gasteiger partial charge on any atom is 0.164 e. The monoisotopic (exact) mass is 733 g/mol. The highest BCUT2D eigenvalue weighted by molar-refractivity contribution is 7.26. The van der Waals surface area contributed by atoms with Gasteiger partial charge in [0.25, 0.3) is 0 Å². The number of benzene rings is 8. The second-order valence-electron chi connectivity index (χ2n) is 13.9. The fraction of sp³-hybridized carbons (Fsp3) is 0.